The predicted molar refractivity (Wildman–Crippen MR) is 119 cm³/mol. The molecular weight excluding hydrogens is 356 g/mol. The molecule has 0 amide bonds. The monoisotopic (exact) mass is 380 g/mol. The van der Waals surface area contributed by atoms with E-state index in [4.69, 9.17) is 0 Å². The van der Waals surface area contributed by atoms with Gasteiger partial charge in [0, 0.05) is 5.41 Å². The largest absolute Gasteiger partial charge is 0.508 e. The first-order chi connectivity index (χ1) is 14.0. The lowest BCUT2D eigenvalue weighted by atomic mass is 9.78. The lowest BCUT2D eigenvalue weighted by molar-refractivity contribution is 0.474. The molecule has 0 unspecified atom stereocenters. The molecule has 2 heteroatoms. The van der Waals surface area contributed by atoms with E-state index in [9.17, 15) is 10.2 Å². The topological polar surface area (TPSA) is 40.5 Å². The molecule has 2 N–H and O–H groups in total. The first-order valence-corrected chi connectivity index (χ1v) is 9.74. The summed E-state index contributed by atoms with van der Waals surface area (Å²) in [4.78, 5) is 0. The summed E-state index contributed by atoms with van der Waals surface area (Å²) in [5, 5.41) is 18.6. The van der Waals surface area contributed by atoms with Crippen molar-refractivity contribution in [3.8, 4) is 33.8 Å². The normalized spacial score (nSPS) is 11.4. The van der Waals surface area contributed by atoms with Crippen LogP contribution in [-0.4, -0.2) is 10.2 Å². The number of aromatic hydroxyl groups is 2. The Morgan fingerprint density at radius 2 is 0.724 bits per heavy atom. The van der Waals surface area contributed by atoms with Crippen molar-refractivity contribution in [1.29, 1.82) is 0 Å². The molecule has 0 heterocycles. The highest BCUT2D eigenvalue weighted by molar-refractivity contribution is 6.02. The van der Waals surface area contributed by atoms with Crippen LogP contribution in [0.25, 0.3) is 22.3 Å². The minimum absolute atomic E-state index is 0.151. The van der Waals surface area contributed by atoms with E-state index in [0.29, 0.717) is 0 Å². The predicted octanol–water partition coefficient (Wildman–Crippen LogP) is 6.76. The van der Waals surface area contributed by atoms with E-state index in [2.05, 4.69) is 62.4 Å². The molecule has 0 bridgehead atoms. The lowest BCUT2D eigenvalue weighted by Gasteiger charge is -2.26. The summed E-state index contributed by atoms with van der Waals surface area (Å²) in [5.41, 5.74) is 7.69. The van der Waals surface area contributed by atoms with Gasteiger partial charge < -0.3 is 10.2 Å². The number of phenols is 2. The van der Waals surface area contributed by atoms with E-state index in [1.165, 1.54) is 22.3 Å². The highest BCUT2D eigenvalue weighted by atomic mass is 16.3. The Hall–Kier alpha value is -3.52. The molecule has 0 saturated carbocycles. The molecule has 0 aliphatic heterocycles. The fraction of sp³-hybridized carbons (Fsp3) is 0.111. The van der Waals surface area contributed by atoms with Crippen LogP contribution in [0.1, 0.15) is 25.0 Å². The van der Waals surface area contributed by atoms with Gasteiger partial charge in [-0.1, -0.05) is 86.6 Å². The van der Waals surface area contributed by atoms with E-state index in [0.717, 1.165) is 11.1 Å². The van der Waals surface area contributed by atoms with Crippen molar-refractivity contribution in [3.63, 3.8) is 0 Å². The van der Waals surface area contributed by atoms with Gasteiger partial charge in [-0.15, -0.1) is 0 Å². The molecular formula is C27H24O2. The summed E-state index contributed by atoms with van der Waals surface area (Å²) >= 11 is 0. The summed E-state index contributed by atoms with van der Waals surface area (Å²) in [5.74, 6) is 0.547. The minimum atomic E-state index is -0.151. The van der Waals surface area contributed by atoms with Crippen molar-refractivity contribution in [2.75, 3.05) is 0 Å². The second-order valence-corrected chi connectivity index (χ2v) is 7.81. The maximum absolute atomic E-state index is 9.30. The van der Waals surface area contributed by atoms with Gasteiger partial charge in [0.05, 0.1) is 0 Å². The molecule has 0 radical (unpaired) electrons. The van der Waals surface area contributed by atoms with E-state index in [1.807, 2.05) is 24.3 Å². The third-order valence-corrected chi connectivity index (χ3v) is 5.61. The lowest BCUT2D eigenvalue weighted by Crippen LogP contribution is -2.18. The molecule has 1 aliphatic rings. The molecule has 0 fully saturated rings. The summed E-state index contributed by atoms with van der Waals surface area (Å²) in [6.45, 7) is 4.23. The van der Waals surface area contributed by atoms with Crippen molar-refractivity contribution in [1.82, 2.24) is 0 Å². The van der Waals surface area contributed by atoms with Gasteiger partial charge in [-0.25, -0.2) is 0 Å². The quantitative estimate of drug-likeness (QED) is 0.355. The van der Waals surface area contributed by atoms with Crippen LogP contribution < -0.4 is 0 Å². The fourth-order valence-corrected chi connectivity index (χ4v) is 3.77. The van der Waals surface area contributed by atoms with Gasteiger partial charge in [-0.2, -0.15) is 0 Å². The van der Waals surface area contributed by atoms with Gasteiger partial charge in [0.25, 0.3) is 0 Å². The summed E-state index contributed by atoms with van der Waals surface area (Å²) in [7, 11) is 0. The van der Waals surface area contributed by atoms with Crippen LogP contribution in [0.5, 0.6) is 11.5 Å². The molecule has 2 nitrogen and oxygen atoms in total. The average Bonchev–Trinajstić information content (AvgIpc) is 2.73. The molecule has 29 heavy (non-hydrogen) atoms. The van der Waals surface area contributed by atoms with Gasteiger partial charge in [-0.05, 0) is 57.6 Å². The molecule has 4 aromatic carbocycles. The minimum Gasteiger partial charge on any atom is -0.508 e. The van der Waals surface area contributed by atoms with Crippen molar-refractivity contribution < 1.29 is 10.2 Å². The molecule has 0 aromatic heterocycles. The summed E-state index contributed by atoms with van der Waals surface area (Å²) in [6, 6.07) is 31.5. The van der Waals surface area contributed by atoms with Crippen molar-refractivity contribution in [2.45, 2.75) is 19.3 Å². The third kappa shape index (κ3) is 3.62. The van der Waals surface area contributed by atoms with Gasteiger partial charge in [0.2, 0.25) is 0 Å². The highest BCUT2D eigenvalue weighted by Gasteiger charge is 2.23. The van der Waals surface area contributed by atoms with Gasteiger partial charge in [0.15, 0.2) is 0 Å². The number of benzene rings is 4. The third-order valence-electron chi connectivity index (χ3n) is 5.61. The second kappa shape index (κ2) is 7.48. The zero-order chi connectivity index (χ0) is 20.4. The Balaban J connectivity index is 0.000000149. The van der Waals surface area contributed by atoms with E-state index in [-0.39, 0.29) is 16.9 Å². The first kappa shape index (κ1) is 18.8. The molecule has 0 saturated heterocycles. The molecule has 1 aliphatic carbocycles. The Labute approximate surface area is 171 Å². The molecule has 5 rings (SSSR count). The van der Waals surface area contributed by atoms with Gasteiger partial charge >= 0.3 is 0 Å². The first-order valence-electron chi connectivity index (χ1n) is 9.74. The van der Waals surface area contributed by atoms with E-state index >= 15 is 0 Å². The molecule has 144 valence electrons. The highest BCUT2D eigenvalue weighted by Crippen LogP contribution is 2.46. The van der Waals surface area contributed by atoms with Crippen molar-refractivity contribution in [3.05, 3.63) is 108 Å². The maximum Gasteiger partial charge on any atom is 0.115 e. The Bertz CT molecular complexity index is 976. The van der Waals surface area contributed by atoms with Crippen LogP contribution in [-0.2, 0) is 5.41 Å². The Kier molecular flexibility index (Phi) is 4.85. The van der Waals surface area contributed by atoms with Crippen LogP contribution in [0.3, 0.4) is 0 Å². The summed E-state index contributed by atoms with van der Waals surface area (Å²) in [6.07, 6.45) is 0. The molecule has 0 spiro atoms. The zero-order valence-electron chi connectivity index (χ0n) is 16.6. The average molecular weight is 380 g/mol. The number of rotatable bonds is 2. The van der Waals surface area contributed by atoms with E-state index in [1.54, 1.807) is 24.3 Å². The van der Waals surface area contributed by atoms with Gasteiger partial charge in [0.1, 0.15) is 11.5 Å². The summed E-state index contributed by atoms with van der Waals surface area (Å²) < 4.78 is 0. The zero-order valence-corrected chi connectivity index (χ0v) is 16.6. The van der Waals surface area contributed by atoms with Crippen LogP contribution in [0.15, 0.2) is 97.1 Å². The second-order valence-electron chi connectivity index (χ2n) is 7.81. The number of hydrogen-bond donors (Lipinski definition) is 2. The van der Waals surface area contributed by atoms with Crippen molar-refractivity contribution >= 4 is 0 Å². The van der Waals surface area contributed by atoms with Crippen LogP contribution in [0, 0.1) is 0 Å². The number of hydrogen-bond acceptors (Lipinski definition) is 2. The van der Waals surface area contributed by atoms with Crippen LogP contribution in [0.4, 0.5) is 0 Å². The Morgan fingerprint density at radius 3 is 1.00 bits per heavy atom. The Morgan fingerprint density at radius 1 is 0.448 bits per heavy atom. The van der Waals surface area contributed by atoms with Crippen LogP contribution in [0.2, 0.25) is 0 Å². The number of phenolic OH excluding ortho intramolecular Hbond substituents is 2. The standard InChI is InChI=1S/C15H16O2.C12H8/c1-15(2,11-3-7-13(16)8-4-11)12-5-9-14(17)10-6-12;1-2-6-10-9(5-1)11-7-3-4-8-12(10)11/h3-10,16-17H,1-2H3;1-8H. The van der Waals surface area contributed by atoms with Gasteiger partial charge in [-0.3, -0.25) is 0 Å². The fourth-order valence-electron chi connectivity index (χ4n) is 3.77. The number of fused-ring (bicyclic) bond motifs is 4. The SMILES string of the molecule is CC(C)(c1ccc(O)cc1)c1ccc(O)cc1.c1ccc2c(c1)-c1ccccc1-2. The van der Waals surface area contributed by atoms with E-state index < -0.39 is 0 Å². The molecule has 4 aromatic rings. The van der Waals surface area contributed by atoms with Crippen LogP contribution >= 0.6 is 0 Å². The maximum atomic E-state index is 9.30. The van der Waals surface area contributed by atoms with Crippen molar-refractivity contribution in [2.24, 2.45) is 0 Å². The smallest absolute Gasteiger partial charge is 0.115 e. The molecule has 0 atom stereocenters.